The van der Waals surface area contributed by atoms with Gasteiger partial charge in [-0.25, -0.2) is 0 Å². The van der Waals surface area contributed by atoms with Gasteiger partial charge in [0.2, 0.25) is 5.78 Å². The predicted octanol–water partition coefficient (Wildman–Crippen LogP) is 5.77. The Morgan fingerprint density at radius 1 is 1.23 bits per heavy atom. The highest BCUT2D eigenvalue weighted by Crippen LogP contribution is 2.37. The molecule has 0 amide bonds. The molecule has 7 heteroatoms. The predicted molar refractivity (Wildman–Crippen MR) is 115 cm³/mol. The molecule has 2 aliphatic heterocycles. The summed E-state index contributed by atoms with van der Waals surface area (Å²) in [5.74, 6) is 2.04. The van der Waals surface area contributed by atoms with E-state index in [0.717, 1.165) is 27.3 Å². The summed E-state index contributed by atoms with van der Waals surface area (Å²) in [5, 5.41) is 2.59. The average Bonchev–Trinajstić information content (AvgIpc) is 3.29. The summed E-state index contributed by atoms with van der Waals surface area (Å²) in [6.45, 7) is 2.93. The van der Waals surface area contributed by atoms with E-state index in [2.05, 4.69) is 0 Å². The fourth-order valence-corrected chi connectivity index (χ4v) is 4.54. The first-order chi connectivity index (χ1) is 14.6. The molecule has 2 aliphatic rings. The lowest BCUT2D eigenvalue weighted by Gasteiger charge is -2.21. The molecule has 0 saturated heterocycles. The van der Waals surface area contributed by atoms with Gasteiger partial charge in [-0.2, -0.15) is 0 Å². The Balaban J connectivity index is 1.36. The highest BCUT2D eigenvalue weighted by atomic mass is 35.5. The molecule has 0 bridgehead atoms. The number of halogens is 1. The van der Waals surface area contributed by atoms with Gasteiger partial charge >= 0.3 is 0 Å². The number of hydrogen-bond acceptors (Lipinski definition) is 6. The van der Waals surface area contributed by atoms with Crippen LogP contribution in [0.4, 0.5) is 0 Å². The van der Waals surface area contributed by atoms with Crippen LogP contribution in [0.1, 0.15) is 31.9 Å². The third kappa shape index (κ3) is 3.58. The number of ether oxygens (including phenoxy) is 4. The SMILES string of the molecule is Cc1ccsc1/C=C1\Oc2cc(OCc3cc(Cl)cc4c3OCOC4)ccc2C1=O. The summed E-state index contributed by atoms with van der Waals surface area (Å²) in [7, 11) is 0. The van der Waals surface area contributed by atoms with Crippen LogP contribution in [0.3, 0.4) is 0 Å². The molecule has 0 fully saturated rings. The minimum Gasteiger partial charge on any atom is -0.489 e. The van der Waals surface area contributed by atoms with E-state index in [1.165, 1.54) is 0 Å². The monoisotopic (exact) mass is 440 g/mol. The number of Topliss-reactive ketones (excluding diaryl/α,β-unsaturated/α-hetero) is 1. The normalized spacial score (nSPS) is 16.1. The maximum atomic E-state index is 12.7. The fraction of sp³-hybridized carbons (Fsp3) is 0.174. The van der Waals surface area contributed by atoms with Crippen molar-refractivity contribution in [3.63, 3.8) is 0 Å². The minimum atomic E-state index is -0.123. The quantitative estimate of drug-likeness (QED) is 0.482. The van der Waals surface area contributed by atoms with Gasteiger partial charge in [-0.3, -0.25) is 4.79 Å². The number of fused-ring (bicyclic) bond motifs is 2. The summed E-state index contributed by atoms with van der Waals surface area (Å²) in [5.41, 5.74) is 3.38. The second-order valence-electron chi connectivity index (χ2n) is 7.02. The van der Waals surface area contributed by atoms with Gasteiger partial charge in [-0.15, -0.1) is 11.3 Å². The third-order valence-corrected chi connectivity index (χ3v) is 6.14. The molecule has 0 unspecified atom stereocenters. The van der Waals surface area contributed by atoms with Crippen molar-refractivity contribution < 1.29 is 23.7 Å². The van der Waals surface area contributed by atoms with Gasteiger partial charge in [0.1, 0.15) is 23.9 Å². The van der Waals surface area contributed by atoms with Crippen molar-refractivity contribution >= 4 is 34.8 Å². The second-order valence-corrected chi connectivity index (χ2v) is 8.40. The smallest absolute Gasteiger partial charge is 0.232 e. The van der Waals surface area contributed by atoms with Crippen LogP contribution in [0.15, 0.2) is 47.5 Å². The van der Waals surface area contributed by atoms with Gasteiger partial charge in [0.15, 0.2) is 12.6 Å². The molecule has 3 heterocycles. The number of allylic oxidation sites excluding steroid dienone is 1. The number of rotatable bonds is 4. The van der Waals surface area contributed by atoms with Crippen LogP contribution in [0, 0.1) is 6.92 Å². The largest absolute Gasteiger partial charge is 0.489 e. The van der Waals surface area contributed by atoms with E-state index in [4.69, 9.17) is 30.5 Å². The number of carbonyl (C=O) groups is 1. The second kappa shape index (κ2) is 7.80. The standard InChI is InChI=1S/C23H17ClO5S/c1-13-4-5-30-21(13)9-20-22(25)18-3-2-17(8-19(18)29-20)27-11-15-7-16(24)6-14-10-26-12-28-23(14)15/h2-9H,10-12H2,1H3/b20-9-. The van der Waals surface area contributed by atoms with Gasteiger partial charge in [-0.05, 0) is 48.2 Å². The molecule has 5 nitrogen and oxygen atoms in total. The molecule has 0 N–H and O–H groups in total. The fourth-order valence-electron chi connectivity index (χ4n) is 3.43. The van der Waals surface area contributed by atoms with Gasteiger partial charge in [0.25, 0.3) is 0 Å². The molecule has 2 aromatic carbocycles. The van der Waals surface area contributed by atoms with Crippen molar-refractivity contribution in [3.05, 3.63) is 79.7 Å². The molecule has 5 rings (SSSR count). The van der Waals surface area contributed by atoms with Crippen LogP contribution in [-0.2, 0) is 18.0 Å². The number of hydrogen-bond donors (Lipinski definition) is 0. The lowest BCUT2D eigenvalue weighted by atomic mass is 10.1. The maximum Gasteiger partial charge on any atom is 0.232 e. The molecule has 0 atom stereocenters. The van der Waals surface area contributed by atoms with Crippen molar-refractivity contribution in [3.8, 4) is 17.2 Å². The Kier molecular flexibility index (Phi) is 4.98. The van der Waals surface area contributed by atoms with Crippen LogP contribution < -0.4 is 14.2 Å². The van der Waals surface area contributed by atoms with Crippen LogP contribution in [0.5, 0.6) is 17.2 Å². The number of ketones is 1. The molecule has 0 radical (unpaired) electrons. The first-order valence-electron chi connectivity index (χ1n) is 9.35. The zero-order chi connectivity index (χ0) is 20.7. The number of benzene rings is 2. The van der Waals surface area contributed by atoms with E-state index in [-0.39, 0.29) is 19.2 Å². The molecule has 0 aliphatic carbocycles. The zero-order valence-corrected chi connectivity index (χ0v) is 17.6. The van der Waals surface area contributed by atoms with Crippen LogP contribution in [0.25, 0.3) is 6.08 Å². The Morgan fingerprint density at radius 2 is 2.13 bits per heavy atom. The van der Waals surface area contributed by atoms with Gasteiger partial charge in [0.05, 0.1) is 12.2 Å². The molecular formula is C23H17ClO5S. The van der Waals surface area contributed by atoms with Crippen molar-refractivity contribution in [2.24, 2.45) is 0 Å². The highest BCUT2D eigenvalue weighted by molar-refractivity contribution is 7.11. The zero-order valence-electron chi connectivity index (χ0n) is 16.1. The van der Waals surface area contributed by atoms with E-state index in [0.29, 0.717) is 34.5 Å². The van der Waals surface area contributed by atoms with Crippen LogP contribution in [0.2, 0.25) is 5.02 Å². The molecule has 3 aromatic rings. The first-order valence-corrected chi connectivity index (χ1v) is 10.6. The molecule has 1 aromatic heterocycles. The van der Waals surface area contributed by atoms with Crippen LogP contribution in [-0.4, -0.2) is 12.6 Å². The Labute approximate surface area is 182 Å². The topological polar surface area (TPSA) is 54.0 Å². The van der Waals surface area contributed by atoms with E-state index in [1.54, 1.807) is 35.6 Å². The van der Waals surface area contributed by atoms with E-state index < -0.39 is 0 Å². The minimum absolute atomic E-state index is 0.123. The van der Waals surface area contributed by atoms with Crippen molar-refractivity contribution in [1.29, 1.82) is 0 Å². The summed E-state index contributed by atoms with van der Waals surface area (Å²) in [6.07, 6.45) is 1.79. The molecule has 30 heavy (non-hydrogen) atoms. The lowest BCUT2D eigenvalue weighted by molar-refractivity contribution is -0.0175. The summed E-state index contributed by atoms with van der Waals surface area (Å²) in [6, 6.07) is 10.9. The summed E-state index contributed by atoms with van der Waals surface area (Å²) >= 11 is 7.79. The Bertz CT molecular complexity index is 1180. The Morgan fingerprint density at radius 3 is 2.97 bits per heavy atom. The number of carbonyl (C=O) groups excluding carboxylic acids is 1. The maximum absolute atomic E-state index is 12.7. The number of aryl methyl sites for hydroxylation is 1. The van der Waals surface area contributed by atoms with E-state index >= 15 is 0 Å². The summed E-state index contributed by atoms with van der Waals surface area (Å²) < 4.78 is 22.7. The molecular weight excluding hydrogens is 424 g/mol. The van der Waals surface area contributed by atoms with Crippen molar-refractivity contribution in [2.75, 3.05) is 6.79 Å². The van der Waals surface area contributed by atoms with E-state index in [9.17, 15) is 4.79 Å². The van der Waals surface area contributed by atoms with E-state index in [1.807, 2.05) is 30.5 Å². The van der Waals surface area contributed by atoms with Crippen LogP contribution >= 0.6 is 22.9 Å². The van der Waals surface area contributed by atoms with Gasteiger partial charge in [0, 0.05) is 33.2 Å². The van der Waals surface area contributed by atoms with Gasteiger partial charge in [-0.1, -0.05) is 11.6 Å². The number of thiophene rings is 1. The third-order valence-electron chi connectivity index (χ3n) is 4.95. The molecule has 0 spiro atoms. The highest BCUT2D eigenvalue weighted by Gasteiger charge is 2.28. The van der Waals surface area contributed by atoms with Crippen molar-refractivity contribution in [2.45, 2.75) is 20.1 Å². The first kappa shape index (κ1) is 19.2. The summed E-state index contributed by atoms with van der Waals surface area (Å²) in [4.78, 5) is 13.7. The lowest BCUT2D eigenvalue weighted by Crippen LogP contribution is -2.14. The van der Waals surface area contributed by atoms with Crippen molar-refractivity contribution in [1.82, 2.24) is 0 Å². The van der Waals surface area contributed by atoms with Gasteiger partial charge < -0.3 is 18.9 Å². The Hall–Kier alpha value is -2.80. The molecule has 0 saturated carbocycles. The molecule has 152 valence electrons. The average molecular weight is 441 g/mol.